The van der Waals surface area contributed by atoms with Crippen LogP contribution in [0.2, 0.25) is 0 Å². The van der Waals surface area contributed by atoms with E-state index >= 15 is 0 Å². The van der Waals surface area contributed by atoms with Crippen molar-refractivity contribution in [2.75, 3.05) is 6.54 Å². The Kier molecular flexibility index (Phi) is 8.57. The molecule has 2 N–H and O–H groups in total. The molecule has 0 fully saturated rings. The summed E-state index contributed by atoms with van der Waals surface area (Å²) in [6, 6.07) is 6.01. The Morgan fingerprint density at radius 2 is 1.84 bits per heavy atom. The normalized spacial score (nSPS) is 12.3. The number of amides is 2. The van der Waals surface area contributed by atoms with Crippen molar-refractivity contribution in [3.05, 3.63) is 45.8 Å². The number of ketones is 1. The minimum absolute atomic E-state index is 0.0692. The van der Waals surface area contributed by atoms with Gasteiger partial charge in [-0.25, -0.2) is 9.59 Å². The van der Waals surface area contributed by atoms with Crippen molar-refractivity contribution in [2.24, 2.45) is 0 Å². The Balaban J connectivity index is 2.11. The van der Waals surface area contributed by atoms with Gasteiger partial charge in [0.15, 0.2) is 5.78 Å². The zero-order valence-electron chi connectivity index (χ0n) is 19.4. The maximum absolute atomic E-state index is 13.0. The van der Waals surface area contributed by atoms with E-state index < -0.39 is 23.4 Å². The molecule has 0 saturated heterocycles. The molecule has 174 valence electrons. The van der Waals surface area contributed by atoms with Crippen LogP contribution in [0.5, 0.6) is 0 Å². The summed E-state index contributed by atoms with van der Waals surface area (Å²) in [5.41, 5.74) is 0.786. The lowest BCUT2D eigenvalue weighted by Crippen LogP contribution is -2.44. The predicted octanol–water partition coefficient (Wildman–Crippen LogP) is 3.41. The molecule has 32 heavy (non-hydrogen) atoms. The van der Waals surface area contributed by atoms with Crippen LogP contribution in [0.1, 0.15) is 58.1 Å². The molecule has 0 aliphatic carbocycles. The third-order valence-electron chi connectivity index (χ3n) is 4.77. The molecule has 8 nitrogen and oxygen atoms in total. The van der Waals surface area contributed by atoms with Crippen LogP contribution in [0.3, 0.4) is 0 Å². The minimum atomic E-state index is -0.734. The summed E-state index contributed by atoms with van der Waals surface area (Å²) in [6.45, 7) is 9.03. The first-order chi connectivity index (χ1) is 14.9. The average molecular weight is 445 g/mol. The van der Waals surface area contributed by atoms with Crippen molar-refractivity contribution in [3.8, 4) is 0 Å². The molecule has 1 heterocycles. The third-order valence-corrected chi connectivity index (χ3v) is 4.77. The van der Waals surface area contributed by atoms with Crippen LogP contribution in [-0.4, -0.2) is 36.0 Å². The molecule has 0 aliphatic rings. The first-order valence-electron chi connectivity index (χ1n) is 10.7. The van der Waals surface area contributed by atoms with Gasteiger partial charge >= 0.3 is 11.7 Å². The molecule has 0 unspecified atom stereocenters. The van der Waals surface area contributed by atoms with Gasteiger partial charge in [-0.15, -0.1) is 0 Å². The van der Waals surface area contributed by atoms with Crippen molar-refractivity contribution in [3.63, 3.8) is 0 Å². The highest BCUT2D eigenvalue weighted by Crippen LogP contribution is 2.19. The number of carbonyl (C=O) groups is 3. The van der Waals surface area contributed by atoms with Crippen LogP contribution in [0.15, 0.2) is 33.5 Å². The van der Waals surface area contributed by atoms with Gasteiger partial charge in [-0.2, -0.15) is 0 Å². The van der Waals surface area contributed by atoms with Crippen LogP contribution in [0, 0.1) is 6.92 Å². The Morgan fingerprint density at radius 1 is 1.12 bits per heavy atom. The molecule has 0 aliphatic heterocycles. The van der Waals surface area contributed by atoms with Crippen LogP contribution >= 0.6 is 0 Å². The van der Waals surface area contributed by atoms with E-state index in [1.165, 1.54) is 13.0 Å². The lowest BCUT2D eigenvalue weighted by Gasteiger charge is -2.23. The SMILES string of the molecule is CC(=O)NCCCC[C@H](NC(=O)OC(C)(C)C)C(=O)Cc1ccc2c(C)cc(=O)oc2c1. The number of hydrogen-bond donors (Lipinski definition) is 2. The van der Waals surface area contributed by atoms with E-state index in [-0.39, 0.29) is 18.1 Å². The van der Waals surface area contributed by atoms with Crippen LogP contribution in [0.4, 0.5) is 4.79 Å². The Morgan fingerprint density at radius 3 is 2.50 bits per heavy atom. The molecule has 0 bridgehead atoms. The molecular weight excluding hydrogens is 412 g/mol. The molecule has 8 heteroatoms. The van der Waals surface area contributed by atoms with Gasteiger partial charge in [0.2, 0.25) is 5.91 Å². The number of rotatable bonds is 9. The fraction of sp³-hybridized carbons (Fsp3) is 0.500. The summed E-state index contributed by atoms with van der Waals surface area (Å²) in [4.78, 5) is 48.0. The third kappa shape index (κ3) is 8.17. The molecule has 2 amide bonds. The predicted molar refractivity (Wildman–Crippen MR) is 122 cm³/mol. The lowest BCUT2D eigenvalue weighted by atomic mass is 9.98. The minimum Gasteiger partial charge on any atom is -0.444 e. The van der Waals surface area contributed by atoms with Crippen LogP contribution in [0.25, 0.3) is 11.0 Å². The number of Topliss-reactive ketones (excluding diaryl/α,β-unsaturated/α-hetero) is 1. The van der Waals surface area contributed by atoms with E-state index in [9.17, 15) is 19.2 Å². The van der Waals surface area contributed by atoms with Gasteiger partial charge in [0.1, 0.15) is 11.2 Å². The van der Waals surface area contributed by atoms with Gasteiger partial charge in [-0.05, 0) is 64.2 Å². The second-order valence-electron chi connectivity index (χ2n) is 8.90. The van der Waals surface area contributed by atoms with Crippen molar-refractivity contribution < 1.29 is 23.5 Å². The number of ether oxygens (including phenoxy) is 1. The molecule has 1 aromatic carbocycles. The maximum Gasteiger partial charge on any atom is 0.408 e. The van der Waals surface area contributed by atoms with Crippen LogP contribution in [-0.2, 0) is 20.7 Å². The number of alkyl carbamates (subject to hydrolysis) is 1. The second-order valence-corrected chi connectivity index (χ2v) is 8.90. The number of unbranched alkanes of at least 4 members (excludes halogenated alkanes) is 1. The summed E-state index contributed by atoms with van der Waals surface area (Å²) >= 11 is 0. The van der Waals surface area contributed by atoms with Gasteiger partial charge < -0.3 is 19.8 Å². The Bertz CT molecular complexity index is 1030. The maximum atomic E-state index is 13.0. The van der Waals surface area contributed by atoms with Crippen molar-refractivity contribution in [1.82, 2.24) is 10.6 Å². The van der Waals surface area contributed by atoms with E-state index in [2.05, 4.69) is 10.6 Å². The smallest absolute Gasteiger partial charge is 0.408 e. The summed E-state index contributed by atoms with van der Waals surface area (Å²) in [5, 5.41) is 6.20. The number of fused-ring (bicyclic) bond motifs is 1. The fourth-order valence-corrected chi connectivity index (χ4v) is 3.31. The van der Waals surface area contributed by atoms with Crippen LogP contribution < -0.4 is 16.3 Å². The quantitative estimate of drug-likeness (QED) is 0.452. The van der Waals surface area contributed by atoms with E-state index in [0.29, 0.717) is 37.0 Å². The summed E-state index contributed by atoms with van der Waals surface area (Å²) in [6.07, 6.45) is 1.15. The highest BCUT2D eigenvalue weighted by Gasteiger charge is 2.24. The largest absolute Gasteiger partial charge is 0.444 e. The topological polar surface area (TPSA) is 115 Å². The van der Waals surface area contributed by atoms with Crippen molar-refractivity contribution >= 4 is 28.8 Å². The number of nitrogens with one attached hydrogen (secondary N) is 2. The standard InChI is InChI=1S/C24H32N2O6/c1-15-12-22(29)31-21-14-17(9-10-18(15)21)13-20(28)19(8-6-7-11-25-16(2)27)26-23(30)32-24(3,4)5/h9-10,12,14,19H,6-8,11,13H2,1-5H3,(H,25,27)(H,26,30)/t19-/m0/s1. The van der Waals surface area contributed by atoms with E-state index in [1.807, 2.05) is 19.1 Å². The number of aryl methyl sites for hydroxylation is 1. The van der Waals surface area contributed by atoms with E-state index in [1.54, 1.807) is 26.8 Å². The summed E-state index contributed by atoms with van der Waals surface area (Å²) in [7, 11) is 0. The lowest BCUT2D eigenvalue weighted by molar-refractivity contribution is -0.121. The zero-order chi connectivity index (χ0) is 23.9. The first kappa shape index (κ1) is 25.1. The highest BCUT2D eigenvalue weighted by molar-refractivity contribution is 5.90. The molecule has 1 aromatic heterocycles. The van der Waals surface area contributed by atoms with E-state index in [4.69, 9.17) is 9.15 Å². The molecule has 0 saturated carbocycles. The second kappa shape index (κ2) is 10.9. The molecule has 2 rings (SSSR count). The van der Waals surface area contributed by atoms with Crippen molar-refractivity contribution in [2.45, 2.75) is 71.9 Å². The highest BCUT2D eigenvalue weighted by atomic mass is 16.6. The summed E-state index contributed by atoms with van der Waals surface area (Å²) in [5.74, 6) is -0.285. The monoisotopic (exact) mass is 444 g/mol. The van der Waals surface area contributed by atoms with Gasteiger partial charge in [0.05, 0.1) is 6.04 Å². The fourth-order valence-electron chi connectivity index (χ4n) is 3.31. The summed E-state index contributed by atoms with van der Waals surface area (Å²) < 4.78 is 10.6. The Hall–Kier alpha value is -3.16. The molecule has 0 spiro atoms. The van der Waals surface area contributed by atoms with Gasteiger partial charge in [0.25, 0.3) is 0 Å². The number of carbonyl (C=O) groups excluding carboxylic acids is 3. The molecular formula is C24H32N2O6. The van der Waals surface area contributed by atoms with Gasteiger partial charge in [0, 0.05) is 31.3 Å². The molecule has 0 radical (unpaired) electrons. The average Bonchev–Trinajstić information content (AvgIpc) is 2.64. The molecule has 2 aromatic rings. The van der Waals surface area contributed by atoms with Crippen molar-refractivity contribution in [1.29, 1.82) is 0 Å². The van der Waals surface area contributed by atoms with Gasteiger partial charge in [-0.1, -0.05) is 12.1 Å². The first-order valence-corrected chi connectivity index (χ1v) is 10.7. The van der Waals surface area contributed by atoms with E-state index in [0.717, 1.165) is 10.9 Å². The number of benzene rings is 1. The Labute approximate surface area is 187 Å². The number of hydrogen-bond acceptors (Lipinski definition) is 6. The molecule has 1 atom stereocenters. The zero-order valence-corrected chi connectivity index (χ0v) is 19.4. The van der Waals surface area contributed by atoms with Gasteiger partial charge in [-0.3, -0.25) is 9.59 Å².